The Morgan fingerprint density at radius 2 is 2.11 bits per heavy atom. The van der Waals surface area contributed by atoms with Gasteiger partial charge in [-0.05, 0) is 17.7 Å². The zero-order valence-electron chi connectivity index (χ0n) is 10.4. The van der Waals surface area contributed by atoms with Crippen LogP contribution in [0.4, 0.5) is 0 Å². The molecular formula is C13H18ClNO3. The van der Waals surface area contributed by atoms with Crippen LogP contribution >= 0.6 is 11.6 Å². The van der Waals surface area contributed by atoms with E-state index in [1.807, 2.05) is 19.1 Å². The quantitative estimate of drug-likeness (QED) is 0.742. The standard InChI is InChI=1S/C13H18ClNO3/c1-2-13(17)15-8-10-3-5-12(6-4-10)18-9-11(16)7-14/h3-6,11,16H,2,7-9H2,1H3,(H,15,17)/t11-/m0/s1. The van der Waals surface area contributed by atoms with E-state index in [9.17, 15) is 9.90 Å². The van der Waals surface area contributed by atoms with Gasteiger partial charge in [-0.25, -0.2) is 0 Å². The molecule has 0 aliphatic rings. The van der Waals surface area contributed by atoms with E-state index < -0.39 is 6.10 Å². The molecule has 0 spiro atoms. The average molecular weight is 272 g/mol. The molecule has 5 heteroatoms. The number of aliphatic hydroxyl groups is 1. The number of carbonyl (C=O) groups excluding carboxylic acids is 1. The van der Waals surface area contributed by atoms with Crippen molar-refractivity contribution >= 4 is 17.5 Å². The van der Waals surface area contributed by atoms with Crippen molar-refractivity contribution in [3.05, 3.63) is 29.8 Å². The molecular weight excluding hydrogens is 254 g/mol. The smallest absolute Gasteiger partial charge is 0.219 e. The largest absolute Gasteiger partial charge is 0.491 e. The summed E-state index contributed by atoms with van der Waals surface area (Å²) in [5.74, 6) is 0.853. The van der Waals surface area contributed by atoms with Gasteiger partial charge in [0.05, 0.1) is 5.88 Å². The normalized spacial score (nSPS) is 11.9. The van der Waals surface area contributed by atoms with Crippen LogP contribution in [0.5, 0.6) is 5.75 Å². The van der Waals surface area contributed by atoms with Crippen LogP contribution in [0.3, 0.4) is 0 Å². The maximum absolute atomic E-state index is 11.1. The van der Waals surface area contributed by atoms with Crippen LogP contribution in [0.25, 0.3) is 0 Å². The summed E-state index contributed by atoms with van der Waals surface area (Å²) in [5, 5.41) is 12.0. The molecule has 1 aromatic carbocycles. The van der Waals surface area contributed by atoms with Crippen LogP contribution in [0, 0.1) is 0 Å². The first-order valence-electron chi connectivity index (χ1n) is 5.88. The van der Waals surface area contributed by atoms with Gasteiger partial charge in [0.15, 0.2) is 0 Å². The fourth-order valence-electron chi connectivity index (χ4n) is 1.27. The van der Waals surface area contributed by atoms with Crippen molar-refractivity contribution in [3.63, 3.8) is 0 Å². The molecule has 0 heterocycles. The molecule has 0 aliphatic heterocycles. The van der Waals surface area contributed by atoms with E-state index in [-0.39, 0.29) is 18.4 Å². The summed E-state index contributed by atoms with van der Waals surface area (Å²) in [5.41, 5.74) is 1.00. The first kappa shape index (κ1) is 14.8. The van der Waals surface area contributed by atoms with E-state index in [0.29, 0.717) is 18.7 Å². The first-order valence-corrected chi connectivity index (χ1v) is 6.41. The predicted octanol–water partition coefficient (Wildman–Crippen LogP) is 1.69. The summed E-state index contributed by atoms with van der Waals surface area (Å²) in [6.07, 6.45) is -0.174. The molecule has 4 nitrogen and oxygen atoms in total. The van der Waals surface area contributed by atoms with Gasteiger partial charge in [-0.2, -0.15) is 0 Å². The highest BCUT2D eigenvalue weighted by Gasteiger charge is 2.03. The number of amides is 1. The summed E-state index contributed by atoms with van der Waals surface area (Å²) < 4.78 is 5.34. The number of halogens is 1. The van der Waals surface area contributed by atoms with E-state index >= 15 is 0 Å². The minimum Gasteiger partial charge on any atom is -0.491 e. The second-order valence-corrected chi connectivity index (χ2v) is 4.20. The number of alkyl halides is 1. The molecule has 2 N–H and O–H groups in total. The summed E-state index contributed by atoms with van der Waals surface area (Å²) in [4.78, 5) is 11.1. The van der Waals surface area contributed by atoms with Gasteiger partial charge in [0, 0.05) is 13.0 Å². The molecule has 1 aromatic rings. The topological polar surface area (TPSA) is 58.6 Å². The Morgan fingerprint density at radius 3 is 2.67 bits per heavy atom. The van der Waals surface area contributed by atoms with E-state index in [1.54, 1.807) is 12.1 Å². The van der Waals surface area contributed by atoms with E-state index in [4.69, 9.17) is 16.3 Å². The number of hydrogen-bond donors (Lipinski definition) is 2. The molecule has 0 aromatic heterocycles. The first-order chi connectivity index (χ1) is 8.65. The summed E-state index contributed by atoms with van der Waals surface area (Å²) in [6, 6.07) is 7.35. The number of hydrogen-bond acceptors (Lipinski definition) is 3. The minimum absolute atomic E-state index is 0.0283. The van der Waals surface area contributed by atoms with Gasteiger partial charge in [0.25, 0.3) is 0 Å². The Morgan fingerprint density at radius 1 is 1.44 bits per heavy atom. The van der Waals surface area contributed by atoms with Crippen LogP contribution in [0.1, 0.15) is 18.9 Å². The van der Waals surface area contributed by atoms with E-state index in [0.717, 1.165) is 5.56 Å². The molecule has 18 heavy (non-hydrogen) atoms. The maximum atomic E-state index is 11.1. The molecule has 1 rings (SSSR count). The lowest BCUT2D eigenvalue weighted by Crippen LogP contribution is -2.21. The van der Waals surface area contributed by atoms with Gasteiger partial charge in [0.1, 0.15) is 18.5 Å². The number of ether oxygens (including phenoxy) is 1. The molecule has 0 unspecified atom stereocenters. The third-order valence-corrected chi connectivity index (χ3v) is 2.71. The zero-order valence-corrected chi connectivity index (χ0v) is 11.1. The fraction of sp³-hybridized carbons (Fsp3) is 0.462. The molecule has 1 amide bonds. The second-order valence-electron chi connectivity index (χ2n) is 3.89. The highest BCUT2D eigenvalue weighted by Crippen LogP contribution is 2.12. The highest BCUT2D eigenvalue weighted by molar-refractivity contribution is 6.18. The Hall–Kier alpha value is -1.26. The predicted molar refractivity (Wildman–Crippen MR) is 70.8 cm³/mol. The third-order valence-electron chi connectivity index (χ3n) is 2.35. The Labute approximate surface area is 112 Å². The van der Waals surface area contributed by atoms with Crippen molar-refractivity contribution < 1.29 is 14.6 Å². The Balaban J connectivity index is 2.40. The van der Waals surface area contributed by atoms with Crippen molar-refractivity contribution in [1.82, 2.24) is 5.32 Å². The Bertz CT molecular complexity index is 367. The van der Waals surface area contributed by atoms with Crippen LogP contribution in [-0.4, -0.2) is 29.6 Å². The van der Waals surface area contributed by atoms with Crippen molar-refractivity contribution in [3.8, 4) is 5.75 Å². The molecule has 0 saturated carbocycles. The lowest BCUT2D eigenvalue weighted by atomic mass is 10.2. The van der Waals surface area contributed by atoms with Crippen LogP contribution in [-0.2, 0) is 11.3 Å². The van der Waals surface area contributed by atoms with E-state index in [2.05, 4.69) is 5.32 Å². The lowest BCUT2D eigenvalue weighted by Gasteiger charge is -2.10. The van der Waals surface area contributed by atoms with Gasteiger partial charge >= 0.3 is 0 Å². The van der Waals surface area contributed by atoms with Crippen molar-refractivity contribution in [1.29, 1.82) is 0 Å². The fourth-order valence-corrected chi connectivity index (χ4v) is 1.36. The van der Waals surface area contributed by atoms with Gasteiger partial charge in [0.2, 0.25) is 5.91 Å². The van der Waals surface area contributed by atoms with Crippen molar-refractivity contribution in [2.45, 2.75) is 26.0 Å². The van der Waals surface area contributed by atoms with Gasteiger partial charge in [-0.3, -0.25) is 4.79 Å². The molecule has 0 saturated heterocycles. The monoisotopic (exact) mass is 271 g/mol. The molecule has 100 valence electrons. The van der Waals surface area contributed by atoms with Gasteiger partial charge < -0.3 is 15.2 Å². The third kappa shape index (κ3) is 5.38. The SMILES string of the molecule is CCC(=O)NCc1ccc(OC[C@@H](O)CCl)cc1. The highest BCUT2D eigenvalue weighted by atomic mass is 35.5. The lowest BCUT2D eigenvalue weighted by molar-refractivity contribution is -0.120. The van der Waals surface area contributed by atoms with Crippen LogP contribution in [0.2, 0.25) is 0 Å². The summed E-state index contributed by atoms with van der Waals surface area (Å²) >= 11 is 5.46. The zero-order chi connectivity index (χ0) is 13.4. The minimum atomic E-state index is -0.657. The van der Waals surface area contributed by atoms with Crippen LogP contribution in [0.15, 0.2) is 24.3 Å². The second kappa shape index (κ2) is 7.95. The number of nitrogens with one attached hydrogen (secondary N) is 1. The summed E-state index contributed by atoms with van der Waals surface area (Å²) in [7, 11) is 0. The van der Waals surface area contributed by atoms with E-state index in [1.165, 1.54) is 0 Å². The Kier molecular flexibility index (Phi) is 6.54. The summed E-state index contributed by atoms with van der Waals surface area (Å²) in [6.45, 7) is 2.50. The molecule has 0 radical (unpaired) electrons. The van der Waals surface area contributed by atoms with Gasteiger partial charge in [-0.1, -0.05) is 19.1 Å². The molecule has 0 bridgehead atoms. The number of rotatable bonds is 7. The van der Waals surface area contributed by atoms with Crippen molar-refractivity contribution in [2.75, 3.05) is 12.5 Å². The molecule has 0 fully saturated rings. The van der Waals surface area contributed by atoms with Crippen LogP contribution < -0.4 is 10.1 Å². The maximum Gasteiger partial charge on any atom is 0.219 e. The van der Waals surface area contributed by atoms with Gasteiger partial charge in [-0.15, -0.1) is 11.6 Å². The number of carbonyl (C=O) groups is 1. The van der Waals surface area contributed by atoms with Crippen molar-refractivity contribution in [2.24, 2.45) is 0 Å². The molecule has 0 aliphatic carbocycles. The molecule has 1 atom stereocenters. The number of benzene rings is 1. The average Bonchev–Trinajstić information content (AvgIpc) is 2.43. The number of aliphatic hydroxyl groups excluding tert-OH is 1.